The van der Waals surface area contributed by atoms with Crippen molar-refractivity contribution in [1.82, 2.24) is 9.97 Å². The first kappa shape index (κ1) is 20.0. The van der Waals surface area contributed by atoms with E-state index in [0.717, 1.165) is 5.56 Å². The molecule has 0 aliphatic carbocycles. The molecule has 1 aromatic heterocycles. The molecule has 1 heterocycles. The molecule has 0 saturated carbocycles. The Bertz CT molecular complexity index is 982. The Labute approximate surface area is 167 Å². The topological polar surface area (TPSA) is 122 Å². The van der Waals surface area contributed by atoms with E-state index in [0.29, 0.717) is 36.2 Å². The molecule has 3 N–H and O–H groups in total. The van der Waals surface area contributed by atoms with E-state index in [4.69, 9.17) is 9.84 Å². The van der Waals surface area contributed by atoms with Crippen molar-refractivity contribution in [2.45, 2.75) is 6.42 Å². The Morgan fingerprint density at radius 1 is 1.14 bits per heavy atom. The third-order valence-corrected chi connectivity index (χ3v) is 4.08. The third-order valence-electron chi connectivity index (χ3n) is 4.08. The molecule has 0 aliphatic heterocycles. The van der Waals surface area contributed by atoms with Crippen molar-refractivity contribution in [2.75, 3.05) is 30.9 Å². The minimum atomic E-state index is -0.482. The second-order valence-electron chi connectivity index (χ2n) is 6.10. The fourth-order valence-corrected chi connectivity index (χ4v) is 2.66. The quantitative estimate of drug-likeness (QED) is 0.285. The van der Waals surface area contributed by atoms with Gasteiger partial charge in [-0.2, -0.15) is 4.98 Å². The Morgan fingerprint density at radius 3 is 2.62 bits per heavy atom. The van der Waals surface area contributed by atoms with Gasteiger partial charge in [0.05, 0.1) is 23.8 Å². The van der Waals surface area contributed by atoms with Gasteiger partial charge in [0, 0.05) is 24.8 Å². The SMILES string of the molecule is COc1ccc(Nc2cc(-c3ccccc3)nc(NCCCO)n2)c([N+](=O)[O-])c1. The standard InChI is InChI=1S/C20H21N5O4/c1-29-15-8-9-16(18(12-15)25(27)28)22-19-13-17(14-6-3-2-4-7-14)23-20(24-19)21-10-5-11-26/h2-4,6-9,12-13,26H,5,10-11H2,1H3,(H2,21,22,23,24). The summed E-state index contributed by atoms with van der Waals surface area (Å²) in [7, 11) is 1.45. The van der Waals surface area contributed by atoms with E-state index in [1.807, 2.05) is 30.3 Å². The van der Waals surface area contributed by atoms with Gasteiger partial charge in [0.25, 0.3) is 5.69 Å². The minimum Gasteiger partial charge on any atom is -0.496 e. The van der Waals surface area contributed by atoms with Crippen LogP contribution in [0.5, 0.6) is 5.75 Å². The first-order valence-corrected chi connectivity index (χ1v) is 8.99. The lowest BCUT2D eigenvalue weighted by Gasteiger charge is -2.12. The number of rotatable bonds is 9. The van der Waals surface area contributed by atoms with Gasteiger partial charge in [0.15, 0.2) is 0 Å². The van der Waals surface area contributed by atoms with Gasteiger partial charge in [0.1, 0.15) is 17.3 Å². The van der Waals surface area contributed by atoms with Gasteiger partial charge in [-0.05, 0) is 18.6 Å². The maximum Gasteiger partial charge on any atom is 0.296 e. The zero-order valence-corrected chi connectivity index (χ0v) is 15.8. The summed E-state index contributed by atoms with van der Waals surface area (Å²) in [5.41, 5.74) is 1.70. The van der Waals surface area contributed by atoms with E-state index in [9.17, 15) is 10.1 Å². The summed E-state index contributed by atoms with van der Waals surface area (Å²) >= 11 is 0. The van der Waals surface area contributed by atoms with Gasteiger partial charge in [-0.3, -0.25) is 10.1 Å². The summed E-state index contributed by atoms with van der Waals surface area (Å²) in [4.78, 5) is 19.9. The van der Waals surface area contributed by atoms with Crippen molar-refractivity contribution < 1.29 is 14.8 Å². The number of nitrogens with zero attached hydrogens (tertiary/aromatic N) is 3. The van der Waals surface area contributed by atoms with E-state index >= 15 is 0 Å². The predicted molar refractivity (Wildman–Crippen MR) is 111 cm³/mol. The lowest BCUT2D eigenvalue weighted by Crippen LogP contribution is -2.09. The van der Waals surface area contributed by atoms with Crippen molar-refractivity contribution in [3.8, 4) is 17.0 Å². The third kappa shape index (κ3) is 5.17. The second kappa shape index (κ2) is 9.47. The number of methoxy groups -OCH3 is 1. The summed E-state index contributed by atoms with van der Waals surface area (Å²) in [6, 6.07) is 15.8. The fraction of sp³-hybridized carbons (Fsp3) is 0.200. The minimum absolute atomic E-state index is 0.0501. The molecule has 0 unspecified atom stereocenters. The number of hydrogen-bond donors (Lipinski definition) is 3. The molecule has 0 atom stereocenters. The normalized spacial score (nSPS) is 10.4. The van der Waals surface area contributed by atoms with Crippen LogP contribution < -0.4 is 15.4 Å². The first-order valence-electron chi connectivity index (χ1n) is 8.99. The van der Waals surface area contributed by atoms with Crippen molar-refractivity contribution >= 4 is 23.1 Å². The van der Waals surface area contributed by atoms with Gasteiger partial charge in [-0.25, -0.2) is 4.98 Å². The summed E-state index contributed by atoms with van der Waals surface area (Å²) in [5.74, 6) is 1.15. The average Bonchev–Trinajstić information content (AvgIpc) is 2.74. The summed E-state index contributed by atoms with van der Waals surface area (Å²) in [6.45, 7) is 0.547. The highest BCUT2D eigenvalue weighted by atomic mass is 16.6. The molecule has 3 aromatic rings. The summed E-state index contributed by atoms with van der Waals surface area (Å²) in [6.07, 6.45) is 0.547. The molecule has 0 amide bonds. The lowest BCUT2D eigenvalue weighted by molar-refractivity contribution is -0.384. The first-order chi connectivity index (χ1) is 14.1. The number of aromatic nitrogens is 2. The smallest absolute Gasteiger partial charge is 0.296 e. The number of benzene rings is 2. The number of nitro groups is 1. The lowest BCUT2D eigenvalue weighted by atomic mass is 10.1. The van der Waals surface area contributed by atoms with Gasteiger partial charge in [-0.1, -0.05) is 30.3 Å². The van der Waals surface area contributed by atoms with Gasteiger partial charge < -0.3 is 20.5 Å². The molecule has 2 aromatic carbocycles. The molecular formula is C20H21N5O4. The monoisotopic (exact) mass is 395 g/mol. The molecule has 3 rings (SSSR count). The maximum absolute atomic E-state index is 11.5. The van der Waals surface area contributed by atoms with E-state index in [-0.39, 0.29) is 18.0 Å². The van der Waals surface area contributed by atoms with E-state index in [1.54, 1.807) is 18.2 Å². The molecule has 0 aliphatic rings. The number of anilines is 3. The summed E-state index contributed by atoms with van der Waals surface area (Å²) < 4.78 is 5.07. The van der Waals surface area contributed by atoms with E-state index in [1.165, 1.54) is 13.2 Å². The number of aliphatic hydroxyl groups excluding tert-OH is 1. The van der Waals surface area contributed by atoms with Crippen molar-refractivity contribution in [2.24, 2.45) is 0 Å². The number of hydrogen-bond acceptors (Lipinski definition) is 8. The van der Waals surface area contributed by atoms with Crippen LogP contribution in [0.4, 0.5) is 23.1 Å². The van der Waals surface area contributed by atoms with Crippen LogP contribution >= 0.6 is 0 Å². The average molecular weight is 395 g/mol. The molecule has 9 heteroatoms. The Morgan fingerprint density at radius 2 is 1.93 bits per heavy atom. The second-order valence-corrected chi connectivity index (χ2v) is 6.10. The number of nitro benzene ring substituents is 1. The van der Waals surface area contributed by atoms with Crippen LogP contribution in [0.2, 0.25) is 0 Å². The molecular weight excluding hydrogens is 374 g/mol. The number of aliphatic hydroxyl groups is 1. The van der Waals surface area contributed by atoms with E-state index in [2.05, 4.69) is 20.6 Å². The number of ether oxygens (including phenoxy) is 1. The van der Waals surface area contributed by atoms with Gasteiger partial charge in [0.2, 0.25) is 5.95 Å². The molecule has 29 heavy (non-hydrogen) atoms. The molecule has 0 fully saturated rings. The van der Waals surface area contributed by atoms with E-state index < -0.39 is 4.92 Å². The van der Waals surface area contributed by atoms with Crippen LogP contribution in [0.1, 0.15) is 6.42 Å². The van der Waals surface area contributed by atoms with Crippen LogP contribution in [-0.4, -0.2) is 40.3 Å². The summed E-state index contributed by atoms with van der Waals surface area (Å²) in [5, 5.41) is 26.5. The van der Waals surface area contributed by atoms with Crippen LogP contribution in [0.15, 0.2) is 54.6 Å². The highest BCUT2D eigenvalue weighted by Gasteiger charge is 2.17. The van der Waals surface area contributed by atoms with Crippen molar-refractivity contribution in [3.63, 3.8) is 0 Å². The molecule has 0 bridgehead atoms. The van der Waals surface area contributed by atoms with Crippen molar-refractivity contribution in [1.29, 1.82) is 0 Å². The predicted octanol–water partition coefficient (Wildman–Crippen LogP) is 3.60. The van der Waals surface area contributed by atoms with Crippen LogP contribution in [0, 0.1) is 10.1 Å². The Kier molecular flexibility index (Phi) is 6.54. The maximum atomic E-state index is 11.5. The molecule has 9 nitrogen and oxygen atoms in total. The fourth-order valence-electron chi connectivity index (χ4n) is 2.66. The van der Waals surface area contributed by atoms with Crippen LogP contribution in [-0.2, 0) is 0 Å². The molecule has 150 valence electrons. The Balaban J connectivity index is 1.98. The molecule has 0 saturated heterocycles. The van der Waals surface area contributed by atoms with Gasteiger partial charge >= 0.3 is 0 Å². The zero-order valence-electron chi connectivity index (χ0n) is 15.8. The Hall–Kier alpha value is -3.72. The number of nitrogens with one attached hydrogen (secondary N) is 2. The van der Waals surface area contributed by atoms with Crippen LogP contribution in [0.3, 0.4) is 0 Å². The van der Waals surface area contributed by atoms with Gasteiger partial charge in [-0.15, -0.1) is 0 Å². The highest BCUT2D eigenvalue weighted by Crippen LogP contribution is 2.32. The highest BCUT2D eigenvalue weighted by molar-refractivity contribution is 5.72. The zero-order chi connectivity index (χ0) is 20.6. The molecule has 0 radical (unpaired) electrons. The molecule has 0 spiro atoms. The van der Waals surface area contributed by atoms with Crippen LogP contribution in [0.25, 0.3) is 11.3 Å². The largest absolute Gasteiger partial charge is 0.496 e. The van der Waals surface area contributed by atoms with Crippen molar-refractivity contribution in [3.05, 3.63) is 64.7 Å².